The van der Waals surface area contributed by atoms with Gasteiger partial charge in [0.15, 0.2) is 11.3 Å². The molecule has 3 aromatic rings. The van der Waals surface area contributed by atoms with E-state index in [0.29, 0.717) is 53.8 Å². The average molecular weight is 516 g/mol. The minimum Gasteiger partial charge on any atom is -0.496 e. The summed E-state index contributed by atoms with van der Waals surface area (Å²) in [6.07, 6.45) is 6.85. The molecule has 1 aromatic carbocycles. The molecule has 11 heteroatoms. The molecular weight excluding hydrogens is 477 g/mol. The zero-order chi connectivity index (χ0) is 26.4. The normalized spacial score (nSPS) is 17.9. The molecule has 1 fully saturated rings. The second-order valence-corrected chi connectivity index (χ2v) is 9.67. The van der Waals surface area contributed by atoms with Crippen LogP contribution in [-0.2, 0) is 13.1 Å². The van der Waals surface area contributed by atoms with Gasteiger partial charge in [0.1, 0.15) is 17.1 Å². The number of ether oxygens (including phenoxy) is 1. The number of methoxy groups -OCH3 is 1. The van der Waals surface area contributed by atoms with E-state index < -0.39 is 0 Å². The third-order valence-corrected chi connectivity index (χ3v) is 6.91. The Morgan fingerprint density at radius 3 is 2.70 bits per heavy atom. The Balaban J connectivity index is 1.55. The lowest BCUT2D eigenvalue weighted by Crippen LogP contribution is -2.34. The molecule has 1 aliphatic rings. The highest BCUT2D eigenvalue weighted by atomic mass is 19.1. The van der Waals surface area contributed by atoms with Gasteiger partial charge in [-0.15, -0.1) is 0 Å². The number of nitrogens with zero attached hydrogens (tertiary/aromatic N) is 5. The van der Waals surface area contributed by atoms with Crippen molar-refractivity contribution in [3.05, 3.63) is 35.3 Å². The van der Waals surface area contributed by atoms with Gasteiger partial charge in [0, 0.05) is 25.7 Å². The van der Waals surface area contributed by atoms with Crippen molar-refractivity contribution in [1.82, 2.24) is 25.1 Å². The first-order valence-corrected chi connectivity index (χ1v) is 13.0. The average Bonchev–Trinajstić information content (AvgIpc) is 3.29. The molecular formula is C26H38FN7O3. The fourth-order valence-electron chi connectivity index (χ4n) is 4.86. The molecule has 0 bridgehead atoms. The Morgan fingerprint density at radius 1 is 1.22 bits per heavy atom. The molecule has 1 aliphatic carbocycles. The zero-order valence-corrected chi connectivity index (χ0v) is 21.7. The topological polar surface area (TPSA) is 135 Å². The molecule has 2 aromatic heterocycles. The molecule has 37 heavy (non-hydrogen) atoms. The van der Waals surface area contributed by atoms with E-state index in [9.17, 15) is 10.2 Å². The number of aromatic nitrogens is 4. The van der Waals surface area contributed by atoms with Crippen LogP contribution in [0.3, 0.4) is 0 Å². The van der Waals surface area contributed by atoms with Gasteiger partial charge in [-0.3, -0.25) is 4.68 Å². The number of fused-ring (bicyclic) bond motifs is 1. The minimum atomic E-state index is -0.370. The number of rotatable bonds is 12. The van der Waals surface area contributed by atoms with Gasteiger partial charge in [-0.2, -0.15) is 10.1 Å². The highest BCUT2D eigenvalue weighted by Crippen LogP contribution is 2.28. The van der Waals surface area contributed by atoms with Gasteiger partial charge in [0.25, 0.3) is 0 Å². The van der Waals surface area contributed by atoms with Gasteiger partial charge in [0.05, 0.1) is 38.1 Å². The second kappa shape index (κ2) is 12.5. The first kappa shape index (κ1) is 27.0. The van der Waals surface area contributed by atoms with Crippen LogP contribution < -0.4 is 20.7 Å². The Bertz CT molecular complexity index is 1180. The highest BCUT2D eigenvalue weighted by Gasteiger charge is 2.21. The molecule has 0 aliphatic heterocycles. The zero-order valence-electron chi connectivity index (χ0n) is 21.7. The van der Waals surface area contributed by atoms with E-state index in [2.05, 4.69) is 27.3 Å². The fraction of sp³-hybridized carbons (Fsp3) is 0.577. The Kier molecular flexibility index (Phi) is 9.12. The smallest absolute Gasteiger partial charge is 0.222 e. The summed E-state index contributed by atoms with van der Waals surface area (Å²) < 4.78 is 22.5. The predicted octanol–water partition coefficient (Wildman–Crippen LogP) is 2.60. The predicted molar refractivity (Wildman–Crippen MR) is 141 cm³/mol. The lowest BCUT2D eigenvalue weighted by Gasteiger charge is -2.26. The molecule has 0 spiro atoms. The molecule has 202 valence electrons. The van der Waals surface area contributed by atoms with Gasteiger partial charge < -0.3 is 30.9 Å². The number of hydrogen-bond donors (Lipinski definition) is 4. The number of halogens is 1. The van der Waals surface area contributed by atoms with Crippen molar-refractivity contribution in [1.29, 1.82) is 0 Å². The lowest BCUT2D eigenvalue weighted by atomic mass is 9.93. The number of aliphatic hydroxyl groups excluding tert-OH is 2. The molecule has 2 heterocycles. The van der Waals surface area contributed by atoms with Crippen molar-refractivity contribution in [3.8, 4) is 5.75 Å². The summed E-state index contributed by atoms with van der Waals surface area (Å²) in [5.41, 5.74) is 8.27. The summed E-state index contributed by atoms with van der Waals surface area (Å²) in [6.45, 7) is 3.85. The largest absolute Gasteiger partial charge is 0.496 e. The first-order valence-electron chi connectivity index (χ1n) is 13.0. The second-order valence-electron chi connectivity index (χ2n) is 9.67. The van der Waals surface area contributed by atoms with E-state index in [1.165, 1.54) is 13.2 Å². The number of unbranched alkanes of at least 4 members (excludes halogenated alkanes) is 1. The molecule has 0 unspecified atom stereocenters. The maximum Gasteiger partial charge on any atom is 0.222 e. The van der Waals surface area contributed by atoms with Crippen LogP contribution in [0.1, 0.15) is 56.6 Å². The molecule has 5 N–H and O–H groups in total. The van der Waals surface area contributed by atoms with Crippen LogP contribution in [0.25, 0.3) is 11.0 Å². The summed E-state index contributed by atoms with van der Waals surface area (Å²) in [6, 6.07) is 3.70. The van der Waals surface area contributed by atoms with Gasteiger partial charge in [-0.05, 0) is 49.8 Å². The molecule has 10 nitrogen and oxygen atoms in total. The number of aliphatic hydroxyl groups is 2. The summed E-state index contributed by atoms with van der Waals surface area (Å²) >= 11 is 0. The molecule has 0 radical (unpaired) electrons. The number of benzene rings is 1. The minimum absolute atomic E-state index is 0.0257. The summed E-state index contributed by atoms with van der Waals surface area (Å²) in [5, 5.41) is 27.4. The van der Waals surface area contributed by atoms with Crippen LogP contribution in [-0.4, -0.2) is 68.9 Å². The van der Waals surface area contributed by atoms with Crippen molar-refractivity contribution >= 4 is 22.8 Å². The van der Waals surface area contributed by atoms with Crippen LogP contribution in [0.2, 0.25) is 0 Å². The van der Waals surface area contributed by atoms with Crippen LogP contribution in [0.5, 0.6) is 5.75 Å². The molecule has 4 rings (SSSR count). The van der Waals surface area contributed by atoms with Crippen molar-refractivity contribution in [3.63, 3.8) is 0 Å². The van der Waals surface area contributed by atoms with Gasteiger partial charge in [-0.25, -0.2) is 9.37 Å². The SMILES string of the molecule is CCCCN(CCO)c1nc(N)nc2cn(Cc3c(F)cc(CNC4CCC(O)CC4)cc3OC)nc12. The first-order chi connectivity index (χ1) is 17.9. The molecule has 1 saturated carbocycles. The van der Waals surface area contributed by atoms with Crippen molar-refractivity contribution < 1.29 is 19.3 Å². The standard InChI is InChI=1S/C26H38FN7O3/c1-3-4-9-33(10-11-35)25-24-22(30-26(28)31-25)16-34(32-24)15-20-21(27)12-17(13-23(20)37-2)14-29-18-5-7-19(36)8-6-18/h12-13,16,18-19,29,35-36H,3-11,14-15H2,1-2H3,(H2,28,30). The number of nitrogens with one attached hydrogen (secondary N) is 1. The Hall–Kier alpha value is -3.02. The Morgan fingerprint density at radius 2 is 2.00 bits per heavy atom. The van der Waals surface area contributed by atoms with E-state index in [1.54, 1.807) is 10.9 Å². The summed E-state index contributed by atoms with van der Waals surface area (Å²) in [7, 11) is 1.53. The van der Waals surface area contributed by atoms with Crippen molar-refractivity contribution in [2.24, 2.45) is 0 Å². The molecule has 0 amide bonds. The molecule has 0 atom stereocenters. The summed E-state index contributed by atoms with van der Waals surface area (Å²) in [4.78, 5) is 10.7. The van der Waals surface area contributed by atoms with E-state index in [1.807, 2.05) is 11.0 Å². The van der Waals surface area contributed by atoms with E-state index in [0.717, 1.165) is 44.1 Å². The monoisotopic (exact) mass is 515 g/mol. The fourth-order valence-corrected chi connectivity index (χ4v) is 4.86. The summed E-state index contributed by atoms with van der Waals surface area (Å²) in [5.74, 6) is 0.763. The van der Waals surface area contributed by atoms with Crippen LogP contribution in [0.15, 0.2) is 18.3 Å². The maximum atomic E-state index is 15.3. The Labute approximate surface area is 216 Å². The number of hydrogen-bond acceptors (Lipinski definition) is 9. The third-order valence-electron chi connectivity index (χ3n) is 6.91. The number of nitrogens with two attached hydrogens (primary N) is 1. The van der Waals surface area contributed by atoms with Crippen LogP contribution in [0.4, 0.5) is 16.2 Å². The van der Waals surface area contributed by atoms with E-state index in [4.69, 9.17) is 10.5 Å². The van der Waals surface area contributed by atoms with Crippen LogP contribution in [0, 0.1) is 5.82 Å². The van der Waals surface area contributed by atoms with Gasteiger partial charge in [-0.1, -0.05) is 13.3 Å². The number of anilines is 2. The maximum absolute atomic E-state index is 15.3. The number of nitrogen functional groups attached to an aromatic ring is 1. The van der Waals surface area contributed by atoms with Crippen LogP contribution >= 0.6 is 0 Å². The quantitative estimate of drug-likeness (QED) is 0.287. The van der Waals surface area contributed by atoms with Gasteiger partial charge >= 0.3 is 0 Å². The van der Waals surface area contributed by atoms with Crippen molar-refractivity contribution in [2.45, 2.75) is 70.7 Å². The highest BCUT2D eigenvalue weighted by molar-refractivity contribution is 5.86. The lowest BCUT2D eigenvalue weighted by molar-refractivity contribution is 0.116. The third kappa shape index (κ3) is 6.65. The molecule has 0 saturated heterocycles. The van der Waals surface area contributed by atoms with E-state index in [-0.39, 0.29) is 31.0 Å². The van der Waals surface area contributed by atoms with Crippen molar-refractivity contribution in [2.75, 3.05) is 37.4 Å². The van der Waals surface area contributed by atoms with Gasteiger partial charge in [0.2, 0.25) is 5.95 Å². The van der Waals surface area contributed by atoms with E-state index >= 15 is 4.39 Å².